The highest BCUT2D eigenvalue weighted by atomic mass is 35.5. The third-order valence-corrected chi connectivity index (χ3v) is 6.26. The summed E-state index contributed by atoms with van der Waals surface area (Å²) in [6, 6.07) is 7.99. The second-order valence-electron chi connectivity index (χ2n) is 8.41. The first-order valence-corrected chi connectivity index (χ1v) is 11.6. The van der Waals surface area contributed by atoms with Gasteiger partial charge in [0.15, 0.2) is 5.82 Å². The Labute approximate surface area is 194 Å². The number of aromatic nitrogens is 2. The van der Waals surface area contributed by atoms with E-state index in [0.717, 1.165) is 62.8 Å². The van der Waals surface area contributed by atoms with Crippen LogP contribution in [0, 0.1) is 0 Å². The van der Waals surface area contributed by atoms with E-state index in [1.807, 2.05) is 18.2 Å². The van der Waals surface area contributed by atoms with Crippen LogP contribution in [-0.4, -0.2) is 85.3 Å². The van der Waals surface area contributed by atoms with E-state index in [-0.39, 0.29) is 5.91 Å². The van der Waals surface area contributed by atoms with Gasteiger partial charge in [-0.15, -0.1) is 0 Å². The summed E-state index contributed by atoms with van der Waals surface area (Å²) in [6.45, 7) is 7.25. The smallest absolute Gasteiger partial charge is 0.227 e. The van der Waals surface area contributed by atoms with E-state index in [1.54, 1.807) is 0 Å². The maximum atomic E-state index is 12.2. The summed E-state index contributed by atoms with van der Waals surface area (Å²) in [4.78, 5) is 23.6. The summed E-state index contributed by atoms with van der Waals surface area (Å²) in [5.74, 6) is 1.19. The fourth-order valence-electron chi connectivity index (χ4n) is 4.03. The minimum absolute atomic E-state index is 0.0146. The molecule has 172 valence electrons. The fourth-order valence-corrected chi connectivity index (χ4v) is 4.21. The van der Waals surface area contributed by atoms with Crippen molar-refractivity contribution in [3.63, 3.8) is 0 Å². The zero-order chi connectivity index (χ0) is 22.3. The predicted octanol–water partition coefficient (Wildman–Crippen LogP) is 2.31. The Kier molecular flexibility index (Phi) is 7.78. The van der Waals surface area contributed by atoms with Gasteiger partial charge in [-0.25, -0.2) is 0 Å². The molecule has 1 aromatic heterocycles. The molecule has 0 aliphatic carbocycles. The van der Waals surface area contributed by atoms with Gasteiger partial charge in [-0.3, -0.25) is 9.69 Å². The summed E-state index contributed by atoms with van der Waals surface area (Å²) in [5, 5.41) is 7.85. The van der Waals surface area contributed by atoms with Gasteiger partial charge in [0, 0.05) is 75.9 Å². The van der Waals surface area contributed by atoms with Crippen LogP contribution in [0.3, 0.4) is 0 Å². The van der Waals surface area contributed by atoms with Gasteiger partial charge in [-0.2, -0.15) is 4.98 Å². The minimum atomic E-state index is 0.0146. The van der Waals surface area contributed by atoms with E-state index in [2.05, 4.69) is 49.3 Å². The van der Waals surface area contributed by atoms with Crippen molar-refractivity contribution >= 4 is 28.8 Å². The Morgan fingerprint density at radius 2 is 2.06 bits per heavy atom. The number of piperazine rings is 1. The number of anilines is 1. The maximum absolute atomic E-state index is 12.2. The normalized spacial score (nSPS) is 17.9. The lowest BCUT2D eigenvalue weighted by Crippen LogP contribution is -2.48. The SMILES string of the molecule is CN1CC=C(c2noc(CCC(=O)NCCN3CCN(c4cccc(Cl)c4)CC3)n2)CC1. The van der Waals surface area contributed by atoms with Gasteiger partial charge >= 0.3 is 0 Å². The topological polar surface area (TPSA) is 77.7 Å². The van der Waals surface area contributed by atoms with Gasteiger partial charge < -0.3 is 19.6 Å². The lowest BCUT2D eigenvalue weighted by Gasteiger charge is -2.36. The molecule has 0 spiro atoms. The molecule has 8 nitrogen and oxygen atoms in total. The first kappa shape index (κ1) is 22.8. The number of nitrogens with one attached hydrogen (secondary N) is 1. The van der Waals surface area contributed by atoms with Gasteiger partial charge in [-0.05, 0) is 37.2 Å². The molecule has 0 saturated carbocycles. The lowest BCUT2D eigenvalue weighted by molar-refractivity contribution is -0.121. The zero-order valence-electron chi connectivity index (χ0n) is 18.6. The predicted molar refractivity (Wildman–Crippen MR) is 126 cm³/mol. The van der Waals surface area contributed by atoms with Crippen molar-refractivity contribution in [1.82, 2.24) is 25.3 Å². The van der Waals surface area contributed by atoms with Crippen LogP contribution >= 0.6 is 11.6 Å². The minimum Gasteiger partial charge on any atom is -0.369 e. The van der Waals surface area contributed by atoms with Crippen LogP contribution in [0.4, 0.5) is 5.69 Å². The third kappa shape index (κ3) is 6.31. The molecule has 9 heteroatoms. The van der Waals surface area contributed by atoms with Gasteiger partial charge in [0.05, 0.1) is 0 Å². The summed E-state index contributed by atoms with van der Waals surface area (Å²) in [6.07, 6.45) is 3.87. The largest absolute Gasteiger partial charge is 0.369 e. The Bertz CT molecular complexity index is 938. The number of benzene rings is 1. The number of nitrogens with zero attached hydrogens (tertiary/aromatic N) is 5. The van der Waals surface area contributed by atoms with Crippen LogP contribution in [0.25, 0.3) is 5.57 Å². The number of rotatable bonds is 8. The molecule has 3 heterocycles. The third-order valence-electron chi connectivity index (χ3n) is 6.03. The van der Waals surface area contributed by atoms with E-state index >= 15 is 0 Å². The van der Waals surface area contributed by atoms with E-state index in [0.29, 0.717) is 31.1 Å². The molecule has 0 atom stereocenters. The summed E-state index contributed by atoms with van der Waals surface area (Å²) in [5.41, 5.74) is 2.29. The van der Waals surface area contributed by atoms with Gasteiger partial charge in [0.25, 0.3) is 0 Å². The van der Waals surface area contributed by atoms with Crippen LogP contribution < -0.4 is 10.2 Å². The van der Waals surface area contributed by atoms with Crippen molar-refractivity contribution < 1.29 is 9.32 Å². The van der Waals surface area contributed by atoms with Gasteiger partial charge in [0.1, 0.15) is 0 Å². The average Bonchev–Trinajstić information content (AvgIpc) is 3.28. The van der Waals surface area contributed by atoms with E-state index in [9.17, 15) is 4.79 Å². The van der Waals surface area contributed by atoms with Crippen LogP contribution in [0.5, 0.6) is 0 Å². The number of hydrogen-bond acceptors (Lipinski definition) is 7. The molecule has 0 unspecified atom stereocenters. The molecule has 32 heavy (non-hydrogen) atoms. The molecule has 2 aliphatic heterocycles. The van der Waals surface area contributed by atoms with Crippen LogP contribution in [-0.2, 0) is 11.2 Å². The van der Waals surface area contributed by atoms with Gasteiger partial charge in [-0.1, -0.05) is 28.9 Å². The molecule has 2 aromatic rings. The number of halogens is 1. The first-order chi connectivity index (χ1) is 15.6. The quantitative estimate of drug-likeness (QED) is 0.650. The fraction of sp³-hybridized carbons (Fsp3) is 0.522. The van der Waals surface area contributed by atoms with E-state index in [4.69, 9.17) is 16.1 Å². The Morgan fingerprint density at radius 1 is 1.22 bits per heavy atom. The highest BCUT2D eigenvalue weighted by molar-refractivity contribution is 6.30. The van der Waals surface area contributed by atoms with Crippen LogP contribution in [0.2, 0.25) is 5.02 Å². The number of aryl methyl sites for hydroxylation is 1. The molecule has 1 amide bonds. The van der Waals surface area contributed by atoms with Crippen molar-refractivity contribution in [3.05, 3.63) is 47.1 Å². The molecule has 1 aromatic carbocycles. The van der Waals surface area contributed by atoms with Crippen molar-refractivity contribution in [2.75, 3.05) is 64.3 Å². The summed E-state index contributed by atoms with van der Waals surface area (Å²) >= 11 is 6.10. The summed E-state index contributed by atoms with van der Waals surface area (Å²) < 4.78 is 5.33. The Balaban J connectivity index is 1.12. The highest BCUT2D eigenvalue weighted by Gasteiger charge is 2.18. The number of amides is 1. The van der Waals surface area contributed by atoms with Crippen LogP contribution in [0.1, 0.15) is 24.6 Å². The van der Waals surface area contributed by atoms with Crippen molar-refractivity contribution in [2.45, 2.75) is 19.3 Å². The molecular formula is C23H31ClN6O2. The molecule has 1 N–H and O–H groups in total. The average molecular weight is 459 g/mol. The standard InChI is InChI=1S/C23H31ClN6O2/c1-28-10-7-18(8-11-28)23-26-22(32-27-23)6-5-21(31)25-9-12-29-13-15-30(16-14-29)20-4-2-3-19(24)17-20/h2-4,7,17H,5-6,8-16H2,1H3,(H,25,31). The molecule has 1 saturated heterocycles. The summed E-state index contributed by atoms with van der Waals surface area (Å²) in [7, 11) is 2.09. The van der Waals surface area contributed by atoms with Crippen molar-refractivity contribution in [3.8, 4) is 0 Å². The molecule has 2 aliphatic rings. The number of likely N-dealkylation sites (N-methyl/N-ethyl adjacent to an activating group) is 1. The monoisotopic (exact) mass is 458 g/mol. The lowest BCUT2D eigenvalue weighted by atomic mass is 10.1. The Morgan fingerprint density at radius 3 is 2.81 bits per heavy atom. The second kappa shape index (κ2) is 10.9. The van der Waals surface area contributed by atoms with E-state index in [1.165, 1.54) is 5.69 Å². The Hall–Kier alpha value is -2.42. The van der Waals surface area contributed by atoms with Crippen molar-refractivity contribution in [2.24, 2.45) is 0 Å². The first-order valence-electron chi connectivity index (χ1n) is 11.3. The molecule has 0 bridgehead atoms. The number of hydrogen-bond donors (Lipinski definition) is 1. The molecule has 0 radical (unpaired) electrons. The zero-order valence-corrected chi connectivity index (χ0v) is 19.4. The molecule has 4 rings (SSSR count). The maximum Gasteiger partial charge on any atom is 0.227 e. The number of carbonyl (C=O) groups is 1. The number of carbonyl (C=O) groups excluding carboxylic acids is 1. The van der Waals surface area contributed by atoms with E-state index < -0.39 is 0 Å². The molecular weight excluding hydrogens is 428 g/mol. The second-order valence-corrected chi connectivity index (χ2v) is 8.85. The van der Waals surface area contributed by atoms with Crippen LogP contribution in [0.15, 0.2) is 34.9 Å². The molecule has 1 fully saturated rings. The van der Waals surface area contributed by atoms with Gasteiger partial charge in [0.2, 0.25) is 11.8 Å². The highest BCUT2D eigenvalue weighted by Crippen LogP contribution is 2.21. The van der Waals surface area contributed by atoms with Crippen molar-refractivity contribution in [1.29, 1.82) is 0 Å².